The summed E-state index contributed by atoms with van der Waals surface area (Å²) in [6.07, 6.45) is 5.60. The number of H-pyrrole nitrogens is 1. The molecule has 3 N–H and O–H groups in total. The van der Waals surface area contributed by atoms with E-state index in [1.807, 2.05) is 48.9 Å². The van der Waals surface area contributed by atoms with Crippen molar-refractivity contribution in [3.63, 3.8) is 0 Å². The molecule has 1 radical (unpaired) electrons. The number of benzene rings is 2. The molecule has 0 spiro atoms. The van der Waals surface area contributed by atoms with Gasteiger partial charge in [-0.2, -0.15) is 0 Å². The molecular formula is C22H17N4O2. The number of primary amides is 1. The SMILES string of the molecule is NC(=O)c1ccccc1C[CH]c1cc(-c2ccc3nc[nH]c(=O)c3c2)ccn1. The Kier molecular flexibility index (Phi) is 4.68. The molecule has 1 amide bonds. The number of hydrogen-bond acceptors (Lipinski definition) is 4. The zero-order chi connectivity index (χ0) is 19.5. The van der Waals surface area contributed by atoms with Crippen LogP contribution < -0.4 is 11.3 Å². The zero-order valence-electron chi connectivity index (χ0n) is 14.9. The number of rotatable bonds is 5. The van der Waals surface area contributed by atoms with E-state index < -0.39 is 5.91 Å². The first-order valence-corrected chi connectivity index (χ1v) is 8.76. The first kappa shape index (κ1) is 17.6. The van der Waals surface area contributed by atoms with Crippen molar-refractivity contribution in [3.8, 4) is 11.1 Å². The highest BCUT2D eigenvalue weighted by Crippen LogP contribution is 2.23. The van der Waals surface area contributed by atoms with Gasteiger partial charge in [0.1, 0.15) is 0 Å². The maximum absolute atomic E-state index is 12.0. The highest BCUT2D eigenvalue weighted by molar-refractivity contribution is 5.94. The summed E-state index contributed by atoms with van der Waals surface area (Å²) in [7, 11) is 0. The van der Waals surface area contributed by atoms with Crippen LogP contribution in [0, 0.1) is 6.42 Å². The molecule has 6 heteroatoms. The van der Waals surface area contributed by atoms with Crippen molar-refractivity contribution in [2.75, 3.05) is 0 Å². The van der Waals surface area contributed by atoms with Gasteiger partial charge in [0.15, 0.2) is 0 Å². The van der Waals surface area contributed by atoms with Crippen molar-refractivity contribution in [2.24, 2.45) is 5.73 Å². The van der Waals surface area contributed by atoms with Crippen LogP contribution in [0.2, 0.25) is 0 Å². The molecule has 4 rings (SSSR count). The summed E-state index contributed by atoms with van der Waals surface area (Å²) in [6.45, 7) is 0. The molecule has 0 saturated heterocycles. The van der Waals surface area contributed by atoms with E-state index in [0.29, 0.717) is 22.9 Å². The van der Waals surface area contributed by atoms with Crippen molar-refractivity contribution < 1.29 is 4.79 Å². The normalized spacial score (nSPS) is 10.9. The minimum Gasteiger partial charge on any atom is -0.366 e. The smallest absolute Gasteiger partial charge is 0.258 e. The van der Waals surface area contributed by atoms with Crippen LogP contribution in [0.15, 0.2) is 71.9 Å². The third-order valence-electron chi connectivity index (χ3n) is 4.57. The molecule has 6 nitrogen and oxygen atoms in total. The van der Waals surface area contributed by atoms with Gasteiger partial charge in [0.25, 0.3) is 5.56 Å². The number of aromatic nitrogens is 3. The fourth-order valence-electron chi connectivity index (χ4n) is 3.14. The number of hydrogen-bond donors (Lipinski definition) is 2. The van der Waals surface area contributed by atoms with Gasteiger partial charge in [-0.25, -0.2) is 4.98 Å². The number of carbonyl (C=O) groups is 1. The Labute approximate surface area is 161 Å². The lowest BCUT2D eigenvalue weighted by Gasteiger charge is -2.08. The summed E-state index contributed by atoms with van der Waals surface area (Å²) < 4.78 is 0. The van der Waals surface area contributed by atoms with E-state index in [1.54, 1.807) is 18.3 Å². The highest BCUT2D eigenvalue weighted by Gasteiger charge is 2.09. The summed E-state index contributed by atoms with van der Waals surface area (Å²) in [5, 5.41) is 0.540. The summed E-state index contributed by atoms with van der Waals surface area (Å²) in [4.78, 5) is 34.7. The van der Waals surface area contributed by atoms with E-state index in [0.717, 1.165) is 22.4 Å². The Hall–Kier alpha value is -3.80. The van der Waals surface area contributed by atoms with E-state index in [-0.39, 0.29) is 5.56 Å². The zero-order valence-corrected chi connectivity index (χ0v) is 14.9. The average Bonchev–Trinajstić information content (AvgIpc) is 2.73. The lowest BCUT2D eigenvalue weighted by molar-refractivity contribution is 0.0999. The molecule has 0 atom stereocenters. The van der Waals surface area contributed by atoms with Crippen LogP contribution in [0.5, 0.6) is 0 Å². The topological polar surface area (TPSA) is 102 Å². The number of amides is 1. The second kappa shape index (κ2) is 7.44. The standard InChI is InChI=1S/C22H17N4O2/c23-21(27)18-4-2-1-3-14(18)5-7-17-11-16(9-10-24-17)15-6-8-20-19(12-15)22(28)26-13-25-20/h1-4,6-13H,5H2,(H2,23,27)(H,25,26,28). The van der Waals surface area contributed by atoms with Crippen molar-refractivity contribution in [2.45, 2.75) is 6.42 Å². The minimum atomic E-state index is -0.444. The van der Waals surface area contributed by atoms with Gasteiger partial charge in [0.05, 0.1) is 17.2 Å². The van der Waals surface area contributed by atoms with Gasteiger partial charge in [-0.05, 0) is 53.4 Å². The van der Waals surface area contributed by atoms with Gasteiger partial charge in [-0.3, -0.25) is 14.6 Å². The van der Waals surface area contributed by atoms with Crippen LogP contribution in [0.1, 0.15) is 21.6 Å². The lowest BCUT2D eigenvalue weighted by Crippen LogP contribution is -2.13. The Bertz CT molecular complexity index is 1230. The number of fused-ring (bicyclic) bond motifs is 1. The van der Waals surface area contributed by atoms with E-state index in [4.69, 9.17) is 5.73 Å². The maximum Gasteiger partial charge on any atom is 0.258 e. The number of carbonyl (C=O) groups excluding carboxylic acids is 1. The Morgan fingerprint density at radius 3 is 2.71 bits per heavy atom. The molecule has 137 valence electrons. The number of aromatic amines is 1. The fraction of sp³-hybridized carbons (Fsp3) is 0.0455. The van der Waals surface area contributed by atoms with Crippen LogP contribution in [-0.4, -0.2) is 20.9 Å². The molecule has 28 heavy (non-hydrogen) atoms. The molecule has 4 aromatic rings. The van der Waals surface area contributed by atoms with Gasteiger partial charge in [0.2, 0.25) is 5.91 Å². The van der Waals surface area contributed by atoms with Crippen LogP contribution in [-0.2, 0) is 6.42 Å². The molecule has 2 aromatic carbocycles. The second-order valence-corrected chi connectivity index (χ2v) is 6.36. The quantitative estimate of drug-likeness (QED) is 0.565. The van der Waals surface area contributed by atoms with Crippen LogP contribution in [0.4, 0.5) is 0 Å². The first-order valence-electron chi connectivity index (χ1n) is 8.76. The van der Waals surface area contributed by atoms with Gasteiger partial charge in [-0.15, -0.1) is 0 Å². The Morgan fingerprint density at radius 1 is 1.04 bits per heavy atom. The number of nitrogens with zero attached hydrogens (tertiary/aromatic N) is 2. The largest absolute Gasteiger partial charge is 0.366 e. The summed E-state index contributed by atoms with van der Waals surface area (Å²) >= 11 is 0. The Morgan fingerprint density at radius 2 is 1.86 bits per heavy atom. The van der Waals surface area contributed by atoms with Crippen LogP contribution >= 0.6 is 0 Å². The van der Waals surface area contributed by atoms with Gasteiger partial charge in [0, 0.05) is 23.9 Å². The molecule has 0 unspecified atom stereocenters. The maximum atomic E-state index is 12.0. The van der Waals surface area contributed by atoms with E-state index in [2.05, 4.69) is 15.0 Å². The van der Waals surface area contributed by atoms with E-state index in [1.165, 1.54) is 6.33 Å². The average molecular weight is 369 g/mol. The van der Waals surface area contributed by atoms with Gasteiger partial charge >= 0.3 is 0 Å². The monoisotopic (exact) mass is 369 g/mol. The summed E-state index contributed by atoms with van der Waals surface area (Å²) in [6, 6.07) is 16.7. The van der Waals surface area contributed by atoms with Crippen molar-refractivity contribution in [1.82, 2.24) is 15.0 Å². The van der Waals surface area contributed by atoms with Crippen LogP contribution in [0.25, 0.3) is 22.0 Å². The molecule has 0 aliphatic carbocycles. The van der Waals surface area contributed by atoms with Crippen molar-refractivity contribution in [1.29, 1.82) is 0 Å². The summed E-state index contributed by atoms with van der Waals surface area (Å²) in [5.41, 5.74) is 9.90. The molecule has 0 bridgehead atoms. The molecule has 0 saturated carbocycles. The molecule has 2 heterocycles. The third-order valence-corrected chi connectivity index (χ3v) is 4.57. The lowest BCUT2D eigenvalue weighted by atomic mass is 9.99. The summed E-state index contributed by atoms with van der Waals surface area (Å²) in [5.74, 6) is -0.444. The van der Waals surface area contributed by atoms with E-state index >= 15 is 0 Å². The predicted octanol–water partition coefficient (Wildman–Crippen LogP) is 2.88. The predicted molar refractivity (Wildman–Crippen MR) is 108 cm³/mol. The number of nitrogens with one attached hydrogen (secondary N) is 1. The fourth-order valence-corrected chi connectivity index (χ4v) is 3.14. The van der Waals surface area contributed by atoms with Crippen molar-refractivity contribution >= 4 is 16.8 Å². The first-order chi connectivity index (χ1) is 13.6. The van der Waals surface area contributed by atoms with Gasteiger partial charge < -0.3 is 10.7 Å². The molecule has 0 aliphatic rings. The molecule has 0 aliphatic heterocycles. The van der Waals surface area contributed by atoms with Gasteiger partial charge in [-0.1, -0.05) is 24.3 Å². The molecule has 0 fully saturated rings. The number of nitrogens with two attached hydrogens (primary N) is 1. The van der Waals surface area contributed by atoms with E-state index in [9.17, 15) is 9.59 Å². The highest BCUT2D eigenvalue weighted by atomic mass is 16.1. The van der Waals surface area contributed by atoms with Crippen molar-refractivity contribution in [3.05, 3.63) is 101 Å². The second-order valence-electron chi connectivity index (χ2n) is 6.36. The van der Waals surface area contributed by atoms with Crippen LogP contribution in [0.3, 0.4) is 0 Å². The Balaban J connectivity index is 1.61. The minimum absolute atomic E-state index is 0.171. The third kappa shape index (κ3) is 3.53. The molecule has 2 aromatic heterocycles. The number of pyridine rings is 1. The molecular weight excluding hydrogens is 352 g/mol.